The molecule has 0 N–H and O–H groups in total. The van der Waals surface area contributed by atoms with Crippen molar-refractivity contribution in [2.45, 2.75) is 6.92 Å². The van der Waals surface area contributed by atoms with E-state index in [4.69, 9.17) is 0 Å². The molecular weight excluding hydrogens is 110 g/mol. The molecule has 1 atom stereocenters. The number of nitrogens with zero attached hydrogens (tertiary/aromatic N) is 1. The minimum atomic E-state index is 0.571. The monoisotopic (exact) mass is 123 g/mol. The first-order valence-electron chi connectivity index (χ1n) is 3.26. The molecule has 0 aromatic rings. The highest BCUT2D eigenvalue weighted by Crippen LogP contribution is 2.15. The lowest BCUT2D eigenvalue weighted by molar-refractivity contribution is 0.457. The molecule has 0 saturated carbocycles. The van der Waals surface area contributed by atoms with Crippen LogP contribution in [-0.4, -0.2) is 18.5 Å². The third-order valence-corrected chi connectivity index (χ3v) is 1.73. The molecule has 0 amide bonds. The lowest BCUT2D eigenvalue weighted by atomic mass is 10.0. The predicted molar refractivity (Wildman–Crippen MR) is 40.1 cm³/mol. The Morgan fingerprint density at radius 1 is 1.78 bits per heavy atom. The van der Waals surface area contributed by atoms with Crippen molar-refractivity contribution in [1.29, 1.82) is 0 Å². The van der Waals surface area contributed by atoms with Gasteiger partial charge in [-0.2, -0.15) is 0 Å². The van der Waals surface area contributed by atoms with Crippen LogP contribution in [0.3, 0.4) is 0 Å². The van der Waals surface area contributed by atoms with Gasteiger partial charge in [-0.15, -0.1) is 0 Å². The maximum Gasteiger partial charge on any atom is 0.0383 e. The Kier molecular flexibility index (Phi) is 1.60. The van der Waals surface area contributed by atoms with E-state index in [-0.39, 0.29) is 0 Å². The second-order valence-electron chi connectivity index (χ2n) is 2.70. The molecule has 50 valence electrons. The van der Waals surface area contributed by atoms with Crippen molar-refractivity contribution in [2.75, 3.05) is 13.6 Å². The molecule has 1 aliphatic heterocycles. The molecule has 1 nitrogen and oxygen atoms in total. The van der Waals surface area contributed by atoms with Crippen molar-refractivity contribution in [3.63, 3.8) is 0 Å². The molecule has 1 heterocycles. The molecule has 9 heavy (non-hydrogen) atoms. The van der Waals surface area contributed by atoms with Crippen LogP contribution in [0.2, 0.25) is 0 Å². The Balaban J connectivity index is 2.65. The quantitative estimate of drug-likeness (QED) is 0.442. The molecule has 1 aliphatic rings. The maximum absolute atomic E-state index is 3.95. The first kappa shape index (κ1) is 6.40. The van der Waals surface area contributed by atoms with Gasteiger partial charge in [0.05, 0.1) is 0 Å². The Morgan fingerprint density at radius 3 is 2.89 bits per heavy atom. The van der Waals surface area contributed by atoms with Gasteiger partial charge >= 0.3 is 0 Å². The third-order valence-electron chi connectivity index (χ3n) is 1.73. The van der Waals surface area contributed by atoms with Crippen LogP contribution in [0.4, 0.5) is 0 Å². The van der Waals surface area contributed by atoms with Crippen molar-refractivity contribution in [1.82, 2.24) is 4.90 Å². The predicted octanol–water partition coefficient (Wildman–Crippen LogP) is 1.64. The fourth-order valence-corrected chi connectivity index (χ4v) is 0.929. The molecule has 0 spiro atoms. The Bertz CT molecular complexity index is 147. The van der Waals surface area contributed by atoms with E-state index in [0.29, 0.717) is 5.92 Å². The summed E-state index contributed by atoms with van der Waals surface area (Å²) in [5.74, 6) is 0.571. The molecule has 0 bridgehead atoms. The van der Waals surface area contributed by atoms with E-state index in [1.165, 1.54) is 5.57 Å². The van der Waals surface area contributed by atoms with Gasteiger partial charge in [-0.25, -0.2) is 0 Å². The molecule has 0 aliphatic carbocycles. The van der Waals surface area contributed by atoms with Gasteiger partial charge in [-0.1, -0.05) is 25.2 Å². The summed E-state index contributed by atoms with van der Waals surface area (Å²) in [4.78, 5) is 2.14. The van der Waals surface area contributed by atoms with Crippen LogP contribution in [0.5, 0.6) is 0 Å². The first-order valence-corrected chi connectivity index (χ1v) is 3.26. The number of hydrogen-bond donors (Lipinski definition) is 0. The molecule has 1 unspecified atom stereocenters. The second-order valence-corrected chi connectivity index (χ2v) is 2.70. The van der Waals surface area contributed by atoms with E-state index in [2.05, 4.69) is 37.7 Å². The summed E-state index contributed by atoms with van der Waals surface area (Å²) in [7, 11) is 2.06. The molecule has 0 aromatic heterocycles. The molecule has 1 rings (SSSR count). The lowest BCUT2D eigenvalue weighted by Crippen LogP contribution is -2.21. The minimum Gasteiger partial charge on any atom is -0.377 e. The van der Waals surface area contributed by atoms with Gasteiger partial charge < -0.3 is 4.90 Å². The Labute approximate surface area is 56.7 Å². The van der Waals surface area contributed by atoms with E-state index < -0.39 is 0 Å². The average Bonchev–Trinajstić information content (AvgIpc) is 1.80. The summed E-state index contributed by atoms with van der Waals surface area (Å²) in [5.41, 5.74) is 1.31. The van der Waals surface area contributed by atoms with Crippen LogP contribution < -0.4 is 0 Å². The van der Waals surface area contributed by atoms with Gasteiger partial charge in [-0.3, -0.25) is 0 Å². The Hall–Kier alpha value is -0.720. The molecule has 0 fully saturated rings. The van der Waals surface area contributed by atoms with Crippen molar-refractivity contribution in [3.05, 3.63) is 24.4 Å². The summed E-state index contributed by atoms with van der Waals surface area (Å²) >= 11 is 0. The largest absolute Gasteiger partial charge is 0.377 e. The highest BCUT2D eigenvalue weighted by atomic mass is 15.1. The zero-order valence-corrected chi connectivity index (χ0v) is 6.09. The molecule has 1 heteroatoms. The van der Waals surface area contributed by atoms with Crippen LogP contribution >= 0.6 is 0 Å². The van der Waals surface area contributed by atoms with Crippen molar-refractivity contribution < 1.29 is 0 Å². The summed E-state index contributed by atoms with van der Waals surface area (Å²) in [5, 5.41) is 0. The topological polar surface area (TPSA) is 3.24 Å². The fraction of sp³-hybridized carbons (Fsp3) is 0.500. The molecule has 0 radical (unpaired) electrons. The zero-order valence-electron chi connectivity index (χ0n) is 6.09. The van der Waals surface area contributed by atoms with Crippen LogP contribution in [0.25, 0.3) is 0 Å². The Morgan fingerprint density at radius 2 is 2.44 bits per heavy atom. The zero-order chi connectivity index (χ0) is 6.85. The maximum atomic E-state index is 3.95. The highest BCUT2D eigenvalue weighted by Gasteiger charge is 2.08. The van der Waals surface area contributed by atoms with E-state index in [9.17, 15) is 0 Å². The van der Waals surface area contributed by atoms with Crippen LogP contribution in [0, 0.1) is 5.92 Å². The van der Waals surface area contributed by atoms with Crippen LogP contribution in [-0.2, 0) is 0 Å². The lowest BCUT2D eigenvalue weighted by Gasteiger charge is -2.23. The molecule has 0 saturated heterocycles. The van der Waals surface area contributed by atoms with Gasteiger partial charge in [0.2, 0.25) is 0 Å². The summed E-state index contributed by atoms with van der Waals surface area (Å²) in [6, 6.07) is 0. The average molecular weight is 123 g/mol. The fourth-order valence-electron chi connectivity index (χ4n) is 0.929. The summed E-state index contributed by atoms with van der Waals surface area (Å²) in [6.45, 7) is 7.14. The summed E-state index contributed by atoms with van der Waals surface area (Å²) in [6.07, 6.45) is 4.28. The highest BCUT2D eigenvalue weighted by molar-refractivity contribution is 5.14. The van der Waals surface area contributed by atoms with Gasteiger partial charge in [-0.05, 0) is 12.1 Å². The number of likely N-dealkylation sites (N-methyl/N-ethyl adjacent to an activating group) is 1. The SMILES string of the molecule is C=C1CN(C)C=CC1C. The number of allylic oxidation sites excluding steroid dienone is 1. The third kappa shape index (κ3) is 1.35. The van der Waals surface area contributed by atoms with Gasteiger partial charge in [0.25, 0.3) is 0 Å². The van der Waals surface area contributed by atoms with Gasteiger partial charge in [0.1, 0.15) is 0 Å². The number of rotatable bonds is 0. The van der Waals surface area contributed by atoms with E-state index in [1.54, 1.807) is 0 Å². The summed E-state index contributed by atoms with van der Waals surface area (Å²) < 4.78 is 0. The second kappa shape index (κ2) is 2.26. The normalized spacial score (nSPS) is 27.1. The van der Waals surface area contributed by atoms with E-state index in [0.717, 1.165) is 6.54 Å². The first-order chi connectivity index (χ1) is 4.20. The molecular formula is C8H13N. The van der Waals surface area contributed by atoms with Crippen molar-refractivity contribution in [3.8, 4) is 0 Å². The van der Waals surface area contributed by atoms with Gasteiger partial charge in [0.15, 0.2) is 0 Å². The van der Waals surface area contributed by atoms with Crippen LogP contribution in [0.1, 0.15) is 6.92 Å². The van der Waals surface area contributed by atoms with Gasteiger partial charge in [0, 0.05) is 13.6 Å². The van der Waals surface area contributed by atoms with E-state index in [1.807, 2.05) is 0 Å². The smallest absolute Gasteiger partial charge is 0.0383 e. The minimum absolute atomic E-state index is 0.571. The number of hydrogen-bond acceptors (Lipinski definition) is 1. The van der Waals surface area contributed by atoms with Crippen LogP contribution in [0.15, 0.2) is 24.4 Å². The van der Waals surface area contributed by atoms with Crippen molar-refractivity contribution >= 4 is 0 Å². The van der Waals surface area contributed by atoms with E-state index >= 15 is 0 Å². The van der Waals surface area contributed by atoms with Crippen molar-refractivity contribution in [2.24, 2.45) is 5.92 Å². The molecule has 0 aromatic carbocycles. The standard InChI is InChI=1S/C8H13N/c1-7-4-5-9(3)6-8(7)2/h4-5,7H,2,6H2,1,3H3.